The predicted molar refractivity (Wildman–Crippen MR) is 141 cm³/mol. The average molecular weight is 575 g/mol. The summed E-state index contributed by atoms with van der Waals surface area (Å²) in [6, 6.07) is 1.92. The summed E-state index contributed by atoms with van der Waals surface area (Å²) >= 11 is 0. The van der Waals surface area contributed by atoms with Crippen LogP contribution in [0.1, 0.15) is 33.6 Å². The van der Waals surface area contributed by atoms with Crippen molar-refractivity contribution in [1.29, 1.82) is 0 Å². The van der Waals surface area contributed by atoms with Crippen molar-refractivity contribution in [3.8, 4) is 0 Å². The lowest BCUT2D eigenvalue weighted by atomic mass is 10.2. The minimum absolute atomic E-state index is 0. The lowest BCUT2D eigenvalue weighted by Crippen LogP contribution is -2.48. The number of piperazine rings is 1. The number of amides is 1. The molecule has 0 radical (unpaired) electrons. The van der Waals surface area contributed by atoms with Crippen LogP contribution >= 0.6 is 24.0 Å². The molecule has 10 nitrogen and oxygen atoms in total. The van der Waals surface area contributed by atoms with E-state index in [1.165, 1.54) is 0 Å². The van der Waals surface area contributed by atoms with Crippen molar-refractivity contribution >= 4 is 42.0 Å². The molecular weight excluding hydrogens is 535 g/mol. The summed E-state index contributed by atoms with van der Waals surface area (Å²) < 4.78 is 5.36. The van der Waals surface area contributed by atoms with Gasteiger partial charge in [0.15, 0.2) is 5.96 Å². The van der Waals surface area contributed by atoms with Crippen LogP contribution in [0.3, 0.4) is 0 Å². The molecule has 3 rings (SSSR count). The van der Waals surface area contributed by atoms with Gasteiger partial charge in [0.25, 0.3) is 0 Å². The summed E-state index contributed by atoms with van der Waals surface area (Å²) in [4.78, 5) is 32.0. The fourth-order valence-corrected chi connectivity index (χ4v) is 4.01. The SMILES string of the molecule is CN=C(NCCCN1CCN(c2ncccn2)CC1)N1CCC(NC(=O)OC(C)(C)C)C1.I. The van der Waals surface area contributed by atoms with Gasteiger partial charge in [-0.1, -0.05) is 0 Å². The summed E-state index contributed by atoms with van der Waals surface area (Å²) in [5.74, 6) is 1.72. The molecule has 2 aliphatic heterocycles. The first-order valence-corrected chi connectivity index (χ1v) is 11.5. The summed E-state index contributed by atoms with van der Waals surface area (Å²) in [5.41, 5.74) is -0.484. The van der Waals surface area contributed by atoms with E-state index in [2.05, 4.69) is 40.3 Å². The largest absolute Gasteiger partial charge is 0.444 e. The summed E-state index contributed by atoms with van der Waals surface area (Å²) in [5, 5.41) is 6.44. The molecule has 0 bridgehead atoms. The van der Waals surface area contributed by atoms with Crippen LogP contribution in [0, 0.1) is 0 Å². The Labute approximate surface area is 214 Å². The fourth-order valence-electron chi connectivity index (χ4n) is 4.01. The third-order valence-electron chi connectivity index (χ3n) is 5.56. The Kier molecular flexibility index (Phi) is 10.9. The van der Waals surface area contributed by atoms with Crippen LogP contribution < -0.4 is 15.5 Å². The van der Waals surface area contributed by atoms with E-state index in [1.54, 1.807) is 12.4 Å². The number of anilines is 1. The standard InChI is InChI=1S/C22H38N8O2.HI/c1-22(2,3)32-21(31)27-18-7-12-30(17-18)19(23-4)24-10-6-11-28-13-15-29(16-14-28)20-25-8-5-9-26-20;/h5,8-9,18H,6-7,10-17H2,1-4H3,(H,23,24)(H,27,31);1H. The molecule has 2 saturated heterocycles. The van der Waals surface area contributed by atoms with E-state index >= 15 is 0 Å². The molecule has 1 aromatic heterocycles. The molecule has 0 aromatic carbocycles. The molecule has 11 heteroatoms. The van der Waals surface area contributed by atoms with E-state index in [0.717, 1.165) is 77.1 Å². The number of carbonyl (C=O) groups is 1. The molecule has 0 saturated carbocycles. The molecule has 2 aliphatic rings. The molecule has 1 amide bonds. The topological polar surface area (TPSA) is 98.2 Å². The Morgan fingerprint density at radius 1 is 1.18 bits per heavy atom. The zero-order valence-electron chi connectivity index (χ0n) is 20.3. The van der Waals surface area contributed by atoms with Gasteiger partial charge >= 0.3 is 6.09 Å². The predicted octanol–water partition coefficient (Wildman–Crippen LogP) is 1.78. The summed E-state index contributed by atoms with van der Waals surface area (Å²) in [6.07, 6.45) is 5.17. The monoisotopic (exact) mass is 574 g/mol. The van der Waals surface area contributed by atoms with Crippen molar-refractivity contribution in [1.82, 2.24) is 30.4 Å². The number of rotatable bonds is 6. The number of nitrogens with zero attached hydrogens (tertiary/aromatic N) is 6. The first kappa shape index (κ1) is 27.4. The second kappa shape index (κ2) is 13.1. The zero-order chi connectivity index (χ0) is 23.0. The van der Waals surface area contributed by atoms with E-state index in [-0.39, 0.29) is 36.1 Å². The van der Waals surface area contributed by atoms with Gasteiger partial charge in [-0.05, 0) is 46.2 Å². The summed E-state index contributed by atoms with van der Waals surface area (Å²) in [6.45, 7) is 13.1. The van der Waals surface area contributed by atoms with Crippen molar-refractivity contribution in [2.75, 3.05) is 64.3 Å². The number of aromatic nitrogens is 2. The Balaban J connectivity index is 0.00000385. The molecule has 0 spiro atoms. The number of aliphatic imine (C=N–C) groups is 1. The van der Waals surface area contributed by atoms with E-state index in [0.29, 0.717) is 0 Å². The number of ether oxygens (including phenoxy) is 1. The Hall–Kier alpha value is -1.89. The van der Waals surface area contributed by atoms with Crippen LogP contribution in [-0.2, 0) is 4.74 Å². The number of likely N-dealkylation sites (tertiary alicyclic amines) is 1. The number of carbonyl (C=O) groups excluding carboxylic acids is 1. The Bertz CT molecular complexity index is 751. The lowest BCUT2D eigenvalue weighted by Gasteiger charge is -2.34. The fraction of sp³-hybridized carbons (Fsp3) is 0.727. The van der Waals surface area contributed by atoms with Gasteiger partial charge in [-0.3, -0.25) is 9.89 Å². The molecule has 1 unspecified atom stereocenters. The van der Waals surface area contributed by atoms with Crippen molar-refractivity contribution in [3.05, 3.63) is 18.5 Å². The lowest BCUT2D eigenvalue weighted by molar-refractivity contribution is 0.0507. The highest BCUT2D eigenvalue weighted by molar-refractivity contribution is 14.0. The molecular formula is C22H39IN8O2. The molecule has 1 aromatic rings. The number of hydrogen-bond donors (Lipinski definition) is 2. The highest BCUT2D eigenvalue weighted by Crippen LogP contribution is 2.12. The van der Waals surface area contributed by atoms with Crippen LogP contribution in [-0.4, -0.2) is 103 Å². The Morgan fingerprint density at radius 2 is 1.88 bits per heavy atom. The molecule has 1 atom stereocenters. The second-order valence-corrected chi connectivity index (χ2v) is 9.28. The highest BCUT2D eigenvalue weighted by Gasteiger charge is 2.27. The molecule has 0 aliphatic carbocycles. The van der Waals surface area contributed by atoms with Crippen molar-refractivity contribution < 1.29 is 9.53 Å². The highest BCUT2D eigenvalue weighted by atomic mass is 127. The minimum Gasteiger partial charge on any atom is -0.444 e. The van der Waals surface area contributed by atoms with E-state index in [9.17, 15) is 4.79 Å². The van der Waals surface area contributed by atoms with E-state index in [4.69, 9.17) is 4.74 Å². The Morgan fingerprint density at radius 3 is 2.52 bits per heavy atom. The van der Waals surface area contributed by atoms with E-state index < -0.39 is 5.60 Å². The molecule has 3 heterocycles. The zero-order valence-corrected chi connectivity index (χ0v) is 22.6. The number of guanidine groups is 1. The van der Waals surface area contributed by atoms with Crippen molar-refractivity contribution in [3.63, 3.8) is 0 Å². The molecule has 33 heavy (non-hydrogen) atoms. The van der Waals surface area contributed by atoms with Crippen LogP contribution in [0.5, 0.6) is 0 Å². The number of alkyl carbamates (subject to hydrolysis) is 1. The first-order chi connectivity index (χ1) is 15.3. The van der Waals surface area contributed by atoms with Gasteiger partial charge in [0.1, 0.15) is 5.60 Å². The van der Waals surface area contributed by atoms with Gasteiger partial charge in [0.05, 0.1) is 6.04 Å². The smallest absolute Gasteiger partial charge is 0.407 e. The number of nitrogens with one attached hydrogen (secondary N) is 2. The minimum atomic E-state index is -0.484. The average Bonchev–Trinajstić information content (AvgIpc) is 3.21. The molecule has 186 valence electrons. The van der Waals surface area contributed by atoms with Crippen molar-refractivity contribution in [2.45, 2.75) is 45.3 Å². The van der Waals surface area contributed by atoms with Gasteiger partial charge in [0, 0.05) is 65.3 Å². The van der Waals surface area contributed by atoms with Gasteiger partial charge in [-0.15, -0.1) is 24.0 Å². The van der Waals surface area contributed by atoms with Gasteiger partial charge in [0.2, 0.25) is 5.95 Å². The maximum absolute atomic E-state index is 12.0. The first-order valence-electron chi connectivity index (χ1n) is 11.5. The third-order valence-corrected chi connectivity index (χ3v) is 5.56. The van der Waals surface area contributed by atoms with Crippen LogP contribution in [0.4, 0.5) is 10.7 Å². The van der Waals surface area contributed by atoms with Crippen LogP contribution in [0.25, 0.3) is 0 Å². The summed E-state index contributed by atoms with van der Waals surface area (Å²) in [7, 11) is 1.81. The maximum atomic E-state index is 12.0. The van der Waals surface area contributed by atoms with Gasteiger partial charge in [-0.2, -0.15) is 0 Å². The second-order valence-electron chi connectivity index (χ2n) is 9.28. The normalized spacial score (nSPS) is 19.8. The maximum Gasteiger partial charge on any atom is 0.407 e. The number of halogens is 1. The number of hydrogen-bond acceptors (Lipinski definition) is 7. The van der Waals surface area contributed by atoms with Crippen LogP contribution in [0.2, 0.25) is 0 Å². The van der Waals surface area contributed by atoms with Gasteiger partial charge < -0.3 is 25.2 Å². The molecule has 2 N–H and O–H groups in total. The quantitative estimate of drug-likeness (QED) is 0.230. The third kappa shape index (κ3) is 9.11. The molecule has 2 fully saturated rings. The van der Waals surface area contributed by atoms with E-state index in [1.807, 2.05) is 33.9 Å². The van der Waals surface area contributed by atoms with Gasteiger partial charge in [-0.25, -0.2) is 14.8 Å². The van der Waals surface area contributed by atoms with Crippen LogP contribution in [0.15, 0.2) is 23.5 Å². The van der Waals surface area contributed by atoms with Crippen molar-refractivity contribution in [2.24, 2.45) is 4.99 Å².